The number of rotatable bonds is 5. The van der Waals surface area contributed by atoms with E-state index in [1.54, 1.807) is 32.6 Å². The second kappa shape index (κ2) is 7.31. The molecule has 3 heterocycles. The fourth-order valence-corrected chi connectivity index (χ4v) is 3.49. The molecule has 0 bridgehead atoms. The van der Waals surface area contributed by atoms with Gasteiger partial charge in [0.15, 0.2) is 11.4 Å². The molecule has 4 aromatic rings. The van der Waals surface area contributed by atoms with E-state index in [4.69, 9.17) is 10.5 Å². The summed E-state index contributed by atoms with van der Waals surface area (Å²) in [6.07, 6.45) is 5.76. The number of carbonyl (C=O) groups is 1. The summed E-state index contributed by atoms with van der Waals surface area (Å²) in [6, 6.07) is 7.53. The number of Topliss-reactive ketones (excluding diaryl/α,β-unsaturated/α-hetero) is 1. The number of hydrogen-bond acceptors (Lipinski definition) is 7. The molecule has 0 aliphatic heterocycles. The Balaban J connectivity index is 1.96. The van der Waals surface area contributed by atoms with Crippen molar-refractivity contribution in [2.24, 2.45) is 5.73 Å². The molecule has 1 aromatic carbocycles. The van der Waals surface area contributed by atoms with E-state index in [0.29, 0.717) is 40.2 Å². The summed E-state index contributed by atoms with van der Waals surface area (Å²) in [4.78, 5) is 20.8. The molecular formula is C21H20N6O2. The third kappa shape index (κ3) is 3.29. The SMILES string of the molecule is COc1cc2c(cc1C(C(C)=O)=C(C)N)ncc1nnc(Cc3cccnc3)n12. The van der Waals surface area contributed by atoms with Crippen molar-refractivity contribution in [3.05, 3.63) is 65.5 Å². The minimum Gasteiger partial charge on any atom is -0.496 e. The Hall–Kier alpha value is -3.81. The highest BCUT2D eigenvalue weighted by Gasteiger charge is 2.19. The van der Waals surface area contributed by atoms with Crippen molar-refractivity contribution in [1.29, 1.82) is 0 Å². The summed E-state index contributed by atoms with van der Waals surface area (Å²) >= 11 is 0. The fraction of sp³-hybridized carbons (Fsp3) is 0.190. The first kappa shape index (κ1) is 18.5. The van der Waals surface area contributed by atoms with Crippen molar-refractivity contribution in [3.8, 4) is 5.75 Å². The zero-order valence-corrected chi connectivity index (χ0v) is 16.4. The van der Waals surface area contributed by atoms with Gasteiger partial charge in [0.2, 0.25) is 0 Å². The Morgan fingerprint density at radius 3 is 2.69 bits per heavy atom. The minimum absolute atomic E-state index is 0.134. The Kier molecular flexibility index (Phi) is 4.67. The van der Waals surface area contributed by atoms with Gasteiger partial charge in [-0.25, -0.2) is 0 Å². The summed E-state index contributed by atoms with van der Waals surface area (Å²) < 4.78 is 7.52. The molecule has 0 spiro atoms. The van der Waals surface area contributed by atoms with Crippen LogP contribution in [0.4, 0.5) is 0 Å². The van der Waals surface area contributed by atoms with E-state index >= 15 is 0 Å². The van der Waals surface area contributed by atoms with Crippen LogP contribution in [0.25, 0.3) is 22.3 Å². The van der Waals surface area contributed by atoms with Gasteiger partial charge in [-0.15, -0.1) is 10.2 Å². The lowest BCUT2D eigenvalue weighted by Gasteiger charge is -2.14. The Morgan fingerprint density at radius 1 is 1.21 bits per heavy atom. The van der Waals surface area contributed by atoms with E-state index < -0.39 is 0 Å². The second-order valence-electron chi connectivity index (χ2n) is 6.76. The Labute approximate surface area is 167 Å². The number of ether oxygens (including phenoxy) is 1. The van der Waals surface area contributed by atoms with Crippen LogP contribution in [0.15, 0.2) is 48.6 Å². The van der Waals surface area contributed by atoms with Crippen LogP contribution in [0.2, 0.25) is 0 Å². The maximum atomic E-state index is 12.2. The molecule has 0 unspecified atom stereocenters. The van der Waals surface area contributed by atoms with Gasteiger partial charge in [-0.1, -0.05) is 6.07 Å². The molecule has 0 radical (unpaired) electrons. The predicted octanol–water partition coefficient (Wildman–Crippen LogP) is 2.55. The van der Waals surface area contributed by atoms with Crippen molar-refractivity contribution in [1.82, 2.24) is 24.6 Å². The van der Waals surface area contributed by atoms with Crippen LogP contribution in [-0.4, -0.2) is 37.5 Å². The van der Waals surface area contributed by atoms with Crippen LogP contribution < -0.4 is 10.5 Å². The largest absolute Gasteiger partial charge is 0.496 e. The number of ketones is 1. The maximum Gasteiger partial charge on any atom is 0.179 e. The lowest BCUT2D eigenvalue weighted by molar-refractivity contribution is -0.111. The number of nitrogens with zero attached hydrogens (tertiary/aromatic N) is 5. The molecule has 4 rings (SSSR count). The van der Waals surface area contributed by atoms with Crippen molar-refractivity contribution in [2.75, 3.05) is 7.11 Å². The number of carbonyl (C=O) groups excluding carboxylic acids is 1. The number of benzene rings is 1. The molecular weight excluding hydrogens is 368 g/mol. The number of aromatic nitrogens is 5. The number of nitrogens with two attached hydrogens (primary N) is 1. The number of hydrogen-bond donors (Lipinski definition) is 1. The van der Waals surface area contributed by atoms with Gasteiger partial charge < -0.3 is 10.5 Å². The van der Waals surface area contributed by atoms with E-state index in [1.807, 2.05) is 28.7 Å². The zero-order valence-electron chi connectivity index (χ0n) is 16.4. The Morgan fingerprint density at radius 2 is 2.03 bits per heavy atom. The number of pyridine rings is 1. The van der Waals surface area contributed by atoms with Crippen molar-refractivity contribution in [2.45, 2.75) is 20.3 Å². The summed E-state index contributed by atoms with van der Waals surface area (Å²) in [6.45, 7) is 3.18. The predicted molar refractivity (Wildman–Crippen MR) is 109 cm³/mol. The topological polar surface area (TPSA) is 108 Å². The van der Waals surface area contributed by atoms with E-state index in [2.05, 4.69) is 20.2 Å². The smallest absolute Gasteiger partial charge is 0.179 e. The molecule has 0 saturated heterocycles. The van der Waals surface area contributed by atoms with Gasteiger partial charge in [-0.2, -0.15) is 0 Å². The highest BCUT2D eigenvalue weighted by molar-refractivity contribution is 6.21. The van der Waals surface area contributed by atoms with E-state index in [1.165, 1.54) is 6.92 Å². The van der Waals surface area contributed by atoms with Crippen LogP contribution in [-0.2, 0) is 11.2 Å². The van der Waals surface area contributed by atoms with Gasteiger partial charge in [0.25, 0.3) is 0 Å². The van der Waals surface area contributed by atoms with E-state index in [-0.39, 0.29) is 5.78 Å². The first-order valence-electron chi connectivity index (χ1n) is 9.07. The highest BCUT2D eigenvalue weighted by Crippen LogP contribution is 2.32. The van der Waals surface area contributed by atoms with Gasteiger partial charge in [0.1, 0.15) is 11.6 Å². The molecule has 0 saturated carbocycles. The third-order valence-electron chi connectivity index (χ3n) is 4.71. The molecule has 146 valence electrons. The van der Waals surface area contributed by atoms with Crippen LogP contribution in [0.1, 0.15) is 30.8 Å². The van der Waals surface area contributed by atoms with Crippen molar-refractivity contribution in [3.63, 3.8) is 0 Å². The summed E-state index contributed by atoms with van der Waals surface area (Å²) in [5.74, 6) is 1.15. The van der Waals surface area contributed by atoms with Crippen LogP contribution in [0.3, 0.4) is 0 Å². The maximum absolute atomic E-state index is 12.2. The molecule has 3 aromatic heterocycles. The highest BCUT2D eigenvalue weighted by atomic mass is 16.5. The summed E-state index contributed by atoms with van der Waals surface area (Å²) in [7, 11) is 1.56. The second-order valence-corrected chi connectivity index (χ2v) is 6.76. The molecule has 8 nitrogen and oxygen atoms in total. The monoisotopic (exact) mass is 388 g/mol. The van der Waals surface area contributed by atoms with Crippen molar-refractivity contribution >= 4 is 28.0 Å². The average molecular weight is 388 g/mol. The first-order chi connectivity index (χ1) is 14.0. The minimum atomic E-state index is -0.134. The van der Waals surface area contributed by atoms with E-state index in [0.717, 1.165) is 16.9 Å². The van der Waals surface area contributed by atoms with Gasteiger partial charge >= 0.3 is 0 Å². The molecule has 0 amide bonds. The van der Waals surface area contributed by atoms with Crippen LogP contribution in [0, 0.1) is 0 Å². The van der Waals surface area contributed by atoms with Crippen LogP contribution in [0.5, 0.6) is 5.75 Å². The van der Waals surface area contributed by atoms with Crippen LogP contribution >= 0.6 is 0 Å². The molecule has 0 aliphatic carbocycles. The number of allylic oxidation sites excluding steroid dienone is 2. The van der Waals surface area contributed by atoms with Gasteiger partial charge in [0.05, 0.1) is 24.3 Å². The van der Waals surface area contributed by atoms with Crippen molar-refractivity contribution < 1.29 is 9.53 Å². The molecule has 2 N–H and O–H groups in total. The number of methoxy groups -OCH3 is 1. The van der Waals surface area contributed by atoms with E-state index in [9.17, 15) is 4.79 Å². The van der Waals surface area contributed by atoms with Gasteiger partial charge in [0, 0.05) is 41.7 Å². The third-order valence-corrected chi connectivity index (χ3v) is 4.71. The lowest BCUT2D eigenvalue weighted by Crippen LogP contribution is -2.07. The zero-order chi connectivity index (χ0) is 20.5. The first-order valence-corrected chi connectivity index (χ1v) is 9.07. The summed E-state index contributed by atoms with van der Waals surface area (Å²) in [5, 5.41) is 8.57. The summed E-state index contributed by atoms with van der Waals surface area (Å²) in [5.41, 5.74) is 10.6. The standard InChI is InChI=1S/C21H20N6O2/c1-12(22)21(13(2)28)15-8-16-17(9-18(15)29-3)27-19(25-26-20(27)11-24-16)7-14-5-4-6-23-10-14/h4-6,8-11H,7,22H2,1-3H3. The molecule has 8 heteroatoms. The molecule has 0 fully saturated rings. The quantitative estimate of drug-likeness (QED) is 0.523. The number of fused-ring (bicyclic) bond motifs is 3. The fourth-order valence-electron chi connectivity index (χ4n) is 3.49. The van der Waals surface area contributed by atoms with Gasteiger partial charge in [-0.05, 0) is 31.5 Å². The molecule has 0 atom stereocenters. The lowest BCUT2D eigenvalue weighted by atomic mass is 9.99. The molecule has 0 aliphatic rings. The normalized spacial score (nSPS) is 12.2. The average Bonchev–Trinajstić information content (AvgIpc) is 3.11. The Bertz CT molecular complexity index is 1260. The van der Waals surface area contributed by atoms with Gasteiger partial charge in [-0.3, -0.25) is 19.2 Å². The molecule has 29 heavy (non-hydrogen) atoms.